The zero-order valence-electron chi connectivity index (χ0n) is 10.1. The summed E-state index contributed by atoms with van der Waals surface area (Å²) >= 11 is 0. The van der Waals surface area contributed by atoms with Crippen molar-refractivity contribution >= 4 is 5.91 Å². The molecular formula is C12H23NO2. The Labute approximate surface area is 92.5 Å². The third-order valence-corrected chi connectivity index (χ3v) is 2.98. The van der Waals surface area contributed by atoms with Crippen LogP contribution < -0.4 is 5.48 Å². The van der Waals surface area contributed by atoms with Crippen LogP contribution in [0.25, 0.3) is 0 Å². The van der Waals surface area contributed by atoms with Gasteiger partial charge in [-0.15, -0.1) is 0 Å². The van der Waals surface area contributed by atoms with E-state index in [-0.39, 0.29) is 11.8 Å². The molecule has 1 N–H and O–H groups in total. The fourth-order valence-electron chi connectivity index (χ4n) is 1.89. The molecule has 1 aliphatic rings. The van der Waals surface area contributed by atoms with E-state index in [0.29, 0.717) is 12.5 Å². The number of nitrogens with one attached hydrogen (secondary N) is 1. The molecule has 0 heterocycles. The molecule has 0 aromatic rings. The Morgan fingerprint density at radius 2 is 1.93 bits per heavy atom. The lowest BCUT2D eigenvalue weighted by Crippen LogP contribution is -2.33. The van der Waals surface area contributed by atoms with Crippen molar-refractivity contribution in [2.45, 2.75) is 46.5 Å². The van der Waals surface area contributed by atoms with Gasteiger partial charge in [0.25, 0.3) is 0 Å². The van der Waals surface area contributed by atoms with E-state index in [1.165, 1.54) is 12.8 Å². The minimum absolute atomic E-state index is 0.0718. The first-order chi connectivity index (χ1) is 7.09. The van der Waals surface area contributed by atoms with Crippen LogP contribution in [0.5, 0.6) is 0 Å². The highest BCUT2D eigenvalue weighted by Gasteiger charge is 2.24. The number of hydrogen-bond donors (Lipinski definition) is 1. The lowest BCUT2D eigenvalue weighted by Gasteiger charge is -2.25. The van der Waals surface area contributed by atoms with Gasteiger partial charge in [0.2, 0.25) is 5.91 Å². The molecule has 1 saturated carbocycles. The summed E-state index contributed by atoms with van der Waals surface area (Å²) in [6.07, 6.45) is 4.36. The van der Waals surface area contributed by atoms with E-state index in [0.717, 1.165) is 18.8 Å². The van der Waals surface area contributed by atoms with Gasteiger partial charge in [0, 0.05) is 5.92 Å². The molecule has 0 aliphatic heterocycles. The Morgan fingerprint density at radius 3 is 2.47 bits per heavy atom. The largest absolute Gasteiger partial charge is 0.273 e. The second-order valence-corrected chi connectivity index (χ2v) is 5.13. The summed E-state index contributed by atoms with van der Waals surface area (Å²) < 4.78 is 0. The Hall–Kier alpha value is -0.570. The topological polar surface area (TPSA) is 38.3 Å². The third kappa shape index (κ3) is 4.65. The van der Waals surface area contributed by atoms with E-state index in [1.54, 1.807) is 0 Å². The van der Waals surface area contributed by atoms with Gasteiger partial charge >= 0.3 is 0 Å². The van der Waals surface area contributed by atoms with Crippen molar-refractivity contribution in [2.75, 3.05) is 6.61 Å². The zero-order valence-corrected chi connectivity index (χ0v) is 10.1. The molecule has 1 fully saturated rings. The van der Waals surface area contributed by atoms with Crippen molar-refractivity contribution in [1.29, 1.82) is 0 Å². The normalized spacial score (nSPS) is 26.7. The lowest BCUT2D eigenvalue weighted by molar-refractivity contribution is -0.139. The summed E-state index contributed by atoms with van der Waals surface area (Å²) in [5.41, 5.74) is 2.56. The van der Waals surface area contributed by atoms with E-state index in [4.69, 9.17) is 4.84 Å². The predicted octanol–water partition coefficient (Wildman–Crippen LogP) is 2.52. The number of carbonyl (C=O) groups is 1. The molecule has 1 rings (SSSR count). The Kier molecular flexibility index (Phi) is 5.09. The highest BCUT2D eigenvalue weighted by molar-refractivity contribution is 5.77. The second-order valence-electron chi connectivity index (χ2n) is 5.13. The first-order valence-electron chi connectivity index (χ1n) is 6.01. The van der Waals surface area contributed by atoms with Crippen LogP contribution in [0, 0.1) is 17.8 Å². The Morgan fingerprint density at radius 1 is 1.33 bits per heavy atom. The van der Waals surface area contributed by atoms with Gasteiger partial charge < -0.3 is 0 Å². The van der Waals surface area contributed by atoms with E-state index < -0.39 is 0 Å². The van der Waals surface area contributed by atoms with Gasteiger partial charge in [-0.25, -0.2) is 5.48 Å². The average Bonchev–Trinajstić information content (AvgIpc) is 2.18. The third-order valence-electron chi connectivity index (χ3n) is 2.98. The van der Waals surface area contributed by atoms with E-state index in [9.17, 15) is 4.79 Å². The number of amides is 1. The minimum atomic E-state index is 0.0718. The molecule has 3 nitrogen and oxygen atoms in total. The number of carbonyl (C=O) groups excluding carboxylic acids is 1. The number of hydroxylamine groups is 1. The minimum Gasteiger partial charge on any atom is -0.273 e. The van der Waals surface area contributed by atoms with Crippen LogP contribution in [0.3, 0.4) is 0 Å². The fraction of sp³-hybridized carbons (Fsp3) is 0.917. The average molecular weight is 213 g/mol. The predicted molar refractivity (Wildman–Crippen MR) is 60.1 cm³/mol. The van der Waals surface area contributed by atoms with Crippen molar-refractivity contribution in [3.8, 4) is 0 Å². The standard InChI is InChI=1S/C12H23NO2/c1-9(2)8-15-13-12(14)11-6-4-10(3)5-7-11/h9-11H,4-8H2,1-3H3,(H,13,14). The van der Waals surface area contributed by atoms with E-state index in [2.05, 4.69) is 26.3 Å². The van der Waals surface area contributed by atoms with Crippen LogP contribution in [0.15, 0.2) is 0 Å². The summed E-state index contributed by atoms with van der Waals surface area (Å²) in [5.74, 6) is 1.48. The Balaban J connectivity index is 2.17. The van der Waals surface area contributed by atoms with Gasteiger partial charge in [-0.05, 0) is 37.5 Å². The van der Waals surface area contributed by atoms with Crippen LogP contribution >= 0.6 is 0 Å². The van der Waals surface area contributed by atoms with Crippen molar-refractivity contribution in [3.63, 3.8) is 0 Å². The molecule has 88 valence electrons. The molecule has 3 heteroatoms. The highest BCUT2D eigenvalue weighted by atomic mass is 16.6. The molecule has 0 aromatic heterocycles. The molecule has 1 aliphatic carbocycles. The van der Waals surface area contributed by atoms with Gasteiger partial charge in [0.15, 0.2) is 0 Å². The zero-order chi connectivity index (χ0) is 11.3. The molecule has 0 atom stereocenters. The first-order valence-corrected chi connectivity index (χ1v) is 6.01. The molecule has 15 heavy (non-hydrogen) atoms. The van der Waals surface area contributed by atoms with Crippen molar-refractivity contribution < 1.29 is 9.63 Å². The van der Waals surface area contributed by atoms with Crippen LogP contribution in [-0.4, -0.2) is 12.5 Å². The lowest BCUT2D eigenvalue weighted by atomic mass is 9.83. The molecule has 1 amide bonds. The smallest absolute Gasteiger partial charge is 0.246 e. The van der Waals surface area contributed by atoms with Crippen LogP contribution in [0.2, 0.25) is 0 Å². The van der Waals surface area contributed by atoms with E-state index >= 15 is 0 Å². The molecule has 0 saturated heterocycles. The first kappa shape index (κ1) is 12.5. The fourth-order valence-corrected chi connectivity index (χ4v) is 1.89. The molecule has 0 aromatic carbocycles. The van der Waals surface area contributed by atoms with Gasteiger partial charge in [0.05, 0.1) is 6.61 Å². The summed E-state index contributed by atoms with van der Waals surface area (Å²) in [4.78, 5) is 16.8. The Bertz CT molecular complexity index is 196. The maximum absolute atomic E-state index is 11.7. The van der Waals surface area contributed by atoms with Crippen molar-refractivity contribution in [3.05, 3.63) is 0 Å². The summed E-state index contributed by atoms with van der Waals surface area (Å²) in [7, 11) is 0. The van der Waals surface area contributed by atoms with Gasteiger partial charge in [0.1, 0.15) is 0 Å². The molecule has 0 spiro atoms. The van der Waals surface area contributed by atoms with Crippen LogP contribution in [0.1, 0.15) is 46.5 Å². The van der Waals surface area contributed by atoms with Crippen molar-refractivity contribution in [1.82, 2.24) is 5.48 Å². The SMILES string of the molecule is CC(C)CONC(=O)C1CCC(C)CC1. The summed E-state index contributed by atoms with van der Waals surface area (Å²) in [6.45, 7) is 6.97. The maximum atomic E-state index is 11.7. The van der Waals surface area contributed by atoms with Crippen molar-refractivity contribution in [2.24, 2.45) is 17.8 Å². The monoisotopic (exact) mass is 213 g/mol. The quantitative estimate of drug-likeness (QED) is 0.729. The number of hydrogen-bond acceptors (Lipinski definition) is 2. The van der Waals surface area contributed by atoms with Crippen LogP contribution in [-0.2, 0) is 9.63 Å². The second kappa shape index (κ2) is 6.11. The van der Waals surface area contributed by atoms with Crippen LogP contribution in [0.4, 0.5) is 0 Å². The molecule has 0 unspecified atom stereocenters. The van der Waals surface area contributed by atoms with Gasteiger partial charge in [-0.3, -0.25) is 9.63 Å². The summed E-state index contributed by atoms with van der Waals surface area (Å²) in [6, 6.07) is 0. The van der Waals surface area contributed by atoms with Gasteiger partial charge in [-0.2, -0.15) is 0 Å². The van der Waals surface area contributed by atoms with Gasteiger partial charge in [-0.1, -0.05) is 20.8 Å². The number of rotatable bonds is 4. The highest BCUT2D eigenvalue weighted by Crippen LogP contribution is 2.28. The molecular weight excluding hydrogens is 190 g/mol. The molecule has 0 radical (unpaired) electrons. The van der Waals surface area contributed by atoms with E-state index in [1.807, 2.05) is 0 Å². The maximum Gasteiger partial charge on any atom is 0.246 e. The summed E-state index contributed by atoms with van der Waals surface area (Å²) in [5, 5.41) is 0. The molecule has 0 bridgehead atoms.